The molecule has 1 amide bonds. The molecule has 0 saturated carbocycles. The van der Waals surface area contributed by atoms with Crippen molar-refractivity contribution in [1.82, 2.24) is 14.9 Å². The van der Waals surface area contributed by atoms with Crippen LogP contribution in [0.2, 0.25) is 0 Å². The second-order valence-corrected chi connectivity index (χ2v) is 7.87. The van der Waals surface area contributed by atoms with Gasteiger partial charge in [-0.3, -0.25) is 4.79 Å². The molecule has 1 fully saturated rings. The Kier molecular flexibility index (Phi) is 6.92. The average Bonchev–Trinajstić information content (AvgIpc) is 2.88. The van der Waals surface area contributed by atoms with Crippen LogP contribution in [0.4, 0.5) is 11.6 Å². The highest BCUT2D eigenvalue weighted by Crippen LogP contribution is 2.31. The number of hydrogen-bond acceptors (Lipinski definition) is 7. The number of hydrogen-bond donors (Lipinski definition) is 1. The summed E-state index contributed by atoms with van der Waals surface area (Å²) >= 11 is 0. The van der Waals surface area contributed by atoms with Crippen LogP contribution in [0.3, 0.4) is 0 Å². The molecule has 1 aromatic heterocycles. The van der Waals surface area contributed by atoms with Crippen molar-refractivity contribution in [3.63, 3.8) is 0 Å². The molecule has 0 unspecified atom stereocenters. The predicted molar refractivity (Wildman–Crippen MR) is 125 cm³/mol. The molecule has 1 aliphatic rings. The largest absolute Gasteiger partial charge is 0.508 e. The predicted octanol–water partition coefficient (Wildman–Crippen LogP) is 4.16. The molecule has 3 aromatic rings. The number of carbonyl (C=O) groups excluding carboxylic acids is 1. The van der Waals surface area contributed by atoms with Gasteiger partial charge in [0.1, 0.15) is 5.75 Å². The number of para-hydroxylation sites is 1. The highest BCUT2D eigenvalue weighted by atomic mass is 16.5. The maximum absolute atomic E-state index is 12.9. The van der Waals surface area contributed by atoms with Gasteiger partial charge in [0.15, 0.2) is 0 Å². The van der Waals surface area contributed by atoms with Crippen LogP contribution in [0, 0.1) is 0 Å². The smallest absolute Gasteiger partial charge is 0.253 e. The Hall–Kier alpha value is -3.81. The number of carbonyl (C=O) groups is 1. The Morgan fingerprint density at radius 3 is 2.21 bits per heavy atom. The number of likely N-dealkylation sites (tertiary alicyclic amines) is 1. The monoisotopic (exact) mass is 448 g/mol. The lowest BCUT2D eigenvalue weighted by Gasteiger charge is -2.27. The summed E-state index contributed by atoms with van der Waals surface area (Å²) in [6, 6.07) is 16.1. The van der Waals surface area contributed by atoms with Gasteiger partial charge < -0.3 is 24.4 Å². The number of aromatic nitrogens is 2. The number of piperidine rings is 1. The van der Waals surface area contributed by atoms with E-state index in [9.17, 15) is 9.90 Å². The molecule has 1 aliphatic heterocycles. The van der Waals surface area contributed by atoms with Crippen LogP contribution < -0.4 is 14.4 Å². The Labute approximate surface area is 193 Å². The van der Waals surface area contributed by atoms with Gasteiger partial charge in [0.05, 0.1) is 26.8 Å². The summed E-state index contributed by atoms with van der Waals surface area (Å²) < 4.78 is 10.6. The number of ether oxygens (including phenoxy) is 2. The zero-order chi connectivity index (χ0) is 23.2. The lowest BCUT2D eigenvalue weighted by Crippen LogP contribution is -2.35. The normalized spacial score (nSPS) is 13.5. The number of phenols is 1. The number of rotatable bonds is 7. The van der Waals surface area contributed by atoms with Crippen molar-refractivity contribution < 1.29 is 19.4 Å². The number of aromatic hydroxyl groups is 1. The first-order valence-corrected chi connectivity index (χ1v) is 11.0. The van der Waals surface area contributed by atoms with E-state index in [0.29, 0.717) is 35.4 Å². The van der Waals surface area contributed by atoms with E-state index in [0.717, 1.165) is 31.6 Å². The summed E-state index contributed by atoms with van der Waals surface area (Å²) in [4.78, 5) is 25.6. The average molecular weight is 449 g/mol. The Balaban J connectivity index is 1.69. The molecule has 1 N–H and O–H groups in total. The second-order valence-electron chi connectivity index (χ2n) is 7.87. The summed E-state index contributed by atoms with van der Waals surface area (Å²) in [6.45, 7) is 1.91. The summed E-state index contributed by atoms with van der Waals surface area (Å²) in [5.41, 5.74) is 2.12. The maximum atomic E-state index is 12.9. The van der Waals surface area contributed by atoms with E-state index in [1.54, 1.807) is 18.2 Å². The zero-order valence-electron chi connectivity index (χ0n) is 18.9. The summed E-state index contributed by atoms with van der Waals surface area (Å²) in [5, 5.41) is 10.3. The van der Waals surface area contributed by atoms with Crippen molar-refractivity contribution in [3.05, 3.63) is 65.7 Å². The van der Waals surface area contributed by atoms with Crippen LogP contribution in [-0.4, -0.2) is 53.2 Å². The minimum atomic E-state index is 0.0489. The van der Waals surface area contributed by atoms with Gasteiger partial charge in [-0.05, 0) is 49.6 Å². The topological polar surface area (TPSA) is 88.0 Å². The lowest BCUT2D eigenvalue weighted by molar-refractivity contribution is 0.0724. The number of benzene rings is 2. The third-order valence-corrected chi connectivity index (χ3v) is 5.72. The fourth-order valence-corrected chi connectivity index (χ4v) is 3.88. The molecule has 172 valence electrons. The molecule has 0 spiro atoms. The standard InChI is InChI=1S/C25H28N4O4/c1-32-22-16-23(33-2)27-25(26-22)29(17-19-8-4-5-9-21(19)30)20-12-10-18(11-13-20)24(31)28-14-6-3-7-15-28/h4-5,8-13,16,30H,3,6-7,14-15,17H2,1-2H3. The summed E-state index contributed by atoms with van der Waals surface area (Å²) in [5.74, 6) is 1.29. The molecule has 0 aliphatic carbocycles. The highest BCUT2D eigenvalue weighted by Gasteiger charge is 2.21. The van der Waals surface area contributed by atoms with Crippen molar-refractivity contribution in [2.24, 2.45) is 0 Å². The minimum absolute atomic E-state index is 0.0489. The fourth-order valence-electron chi connectivity index (χ4n) is 3.88. The summed E-state index contributed by atoms with van der Waals surface area (Å²) in [6.07, 6.45) is 3.27. The van der Waals surface area contributed by atoms with Crippen molar-refractivity contribution in [3.8, 4) is 17.5 Å². The number of anilines is 2. The van der Waals surface area contributed by atoms with Crippen LogP contribution in [-0.2, 0) is 6.54 Å². The van der Waals surface area contributed by atoms with Gasteiger partial charge in [0, 0.05) is 29.9 Å². The van der Waals surface area contributed by atoms with Crippen molar-refractivity contribution in [1.29, 1.82) is 0 Å². The van der Waals surface area contributed by atoms with Crippen molar-refractivity contribution in [2.45, 2.75) is 25.8 Å². The number of nitrogens with zero attached hydrogens (tertiary/aromatic N) is 4. The zero-order valence-corrected chi connectivity index (χ0v) is 18.9. The molecular formula is C25H28N4O4. The van der Waals surface area contributed by atoms with Gasteiger partial charge in [-0.2, -0.15) is 9.97 Å². The third kappa shape index (κ3) is 5.16. The molecule has 0 bridgehead atoms. The molecule has 4 rings (SSSR count). The first-order valence-electron chi connectivity index (χ1n) is 11.0. The third-order valence-electron chi connectivity index (χ3n) is 5.72. The van der Waals surface area contributed by atoms with Crippen LogP contribution in [0.5, 0.6) is 17.5 Å². The van der Waals surface area contributed by atoms with E-state index in [1.807, 2.05) is 46.2 Å². The molecule has 8 heteroatoms. The van der Waals surface area contributed by atoms with Gasteiger partial charge in [-0.25, -0.2) is 0 Å². The highest BCUT2D eigenvalue weighted by molar-refractivity contribution is 5.94. The number of methoxy groups -OCH3 is 2. The van der Waals surface area contributed by atoms with Gasteiger partial charge in [0.25, 0.3) is 5.91 Å². The van der Waals surface area contributed by atoms with E-state index >= 15 is 0 Å². The van der Waals surface area contributed by atoms with E-state index in [4.69, 9.17) is 9.47 Å². The van der Waals surface area contributed by atoms with Gasteiger partial charge in [-0.15, -0.1) is 0 Å². The van der Waals surface area contributed by atoms with Gasteiger partial charge >= 0.3 is 0 Å². The van der Waals surface area contributed by atoms with Crippen LogP contribution in [0.1, 0.15) is 35.2 Å². The maximum Gasteiger partial charge on any atom is 0.253 e. The lowest BCUT2D eigenvalue weighted by atomic mass is 10.1. The van der Waals surface area contributed by atoms with Crippen molar-refractivity contribution >= 4 is 17.5 Å². The van der Waals surface area contributed by atoms with E-state index in [1.165, 1.54) is 20.6 Å². The Morgan fingerprint density at radius 1 is 0.970 bits per heavy atom. The minimum Gasteiger partial charge on any atom is -0.508 e. The first kappa shape index (κ1) is 22.4. The molecule has 0 atom stereocenters. The van der Waals surface area contributed by atoms with E-state index in [-0.39, 0.29) is 11.7 Å². The molecule has 8 nitrogen and oxygen atoms in total. The second kappa shape index (κ2) is 10.2. The molecule has 2 heterocycles. The van der Waals surface area contributed by atoms with Crippen molar-refractivity contribution in [2.75, 3.05) is 32.2 Å². The Morgan fingerprint density at radius 2 is 1.61 bits per heavy atom. The molecule has 0 radical (unpaired) electrons. The Bertz CT molecular complexity index is 1080. The molecule has 33 heavy (non-hydrogen) atoms. The molecule has 2 aromatic carbocycles. The van der Waals surface area contributed by atoms with E-state index in [2.05, 4.69) is 9.97 Å². The van der Waals surface area contributed by atoms with Crippen LogP contribution in [0.15, 0.2) is 54.6 Å². The quantitative estimate of drug-likeness (QED) is 0.580. The van der Waals surface area contributed by atoms with Crippen LogP contribution in [0.25, 0.3) is 0 Å². The molecule has 1 saturated heterocycles. The number of phenolic OH excluding ortho intramolecular Hbond substituents is 1. The van der Waals surface area contributed by atoms with E-state index < -0.39 is 0 Å². The fraction of sp³-hybridized carbons (Fsp3) is 0.320. The van der Waals surface area contributed by atoms with Crippen LogP contribution >= 0.6 is 0 Å². The summed E-state index contributed by atoms with van der Waals surface area (Å²) in [7, 11) is 3.06. The first-order chi connectivity index (χ1) is 16.1. The molecular weight excluding hydrogens is 420 g/mol. The van der Waals surface area contributed by atoms with Gasteiger partial charge in [0.2, 0.25) is 17.7 Å². The SMILES string of the molecule is COc1cc(OC)nc(N(Cc2ccccc2O)c2ccc(C(=O)N3CCCCC3)cc2)n1. The number of amides is 1. The van der Waals surface area contributed by atoms with Gasteiger partial charge in [-0.1, -0.05) is 18.2 Å².